The van der Waals surface area contributed by atoms with E-state index in [1.54, 1.807) is 4.31 Å². The lowest BCUT2D eigenvalue weighted by atomic mass is 9.94. The molecular weight excluding hydrogens is 291 g/mol. The van der Waals surface area contributed by atoms with Crippen LogP contribution in [0, 0.1) is 11.7 Å². The van der Waals surface area contributed by atoms with Crippen LogP contribution in [0.1, 0.15) is 37.7 Å². The van der Waals surface area contributed by atoms with E-state index in [-0.39, 0.29) is 23.0 Å². The summed E-state index contributed by atoms with van der Waals surface area (Å²) >= 11 is 0. The Morgan fingerprint density at radius 3 is 2.76 bits per heavy atom. The third-order valence-corrected chi connectivity index (χ3v) is 6.71. The van der Waals surface area contributed by atoms with E-state index in [1.807, 2.05) is 0 Å². The Labute approximate surface area is 125 Å². The maximum atomic E-state index is 13.5. The Bertz CT molecular complexity index is 633. The van der Waals surface area contributed by atoms with Crippen molar-refractivity contribution in [3.8, 4) is 0 Å². The van der Waals surface area contributed by atoms with E-state index in [2.05, 4.69) is 0 Å². The van der Waals surface area contributed by atoms with Gasteiger partial charge in [-0.15, -0.1) is 0 Å². The minimum absolute atomic E-state index is 0.00124. The van der Waals surface area contributed by atoms with Gasteiger partial charge < -0.3 is 5.73 Å². The summed E-state index contributed by atoms with van der Waals surface area (Å²) in [6, 6.07) is 4.05. The highest BCUT2D eigenvalue weighted by Crippen LogP contribution is 2.39. The molecule has 0 spiro atoms. The predicted molar refractivity (Wildman–Crippen MR) is 78.5 cm³/mol. The van der Waals surface area contributed by atoms with E-state index >= 15 is 0 Å². The normalized spacial score (nSPS) is 26.8. The van der Waals surface area contributed by atoms with Crippen LogP contribution in [0.25, 0.3) is 0 Å². The van der Waals surface area contributed by atoms with Gasteiger partial charge in [-0.25, -0.2) is 12.8 Å². The van der Waals surface area contributed by atoms with Crippen LogP contribution < -0.4 is 5.73 Å². The Balaban J connectivity index is 1.96. The van der Waals surface area contributed by atoms with Crippen LogP contribution in [0.5, 0.6) is 0 Å². The third kappa shape index (κ3) is 2.60. The molecule has 1 aromatic rings. The largest absolute Gasteiger partial charge is 0.326 e. The standard InChI is InChI=1S/C15H21FN2O2S/c16-14-7-6-13(9-12(14)10-17)21(19,20)18-8-2-4-11-3-1-5-15(11)18/h6-7,9,11,15H,1-5,8,10,17H2. The second-order valence-corrected chi connectivity index (χ2v) is 7.86. The lowest BCUT2D eigenvalue weighted by molar-refractivity contribution is 0.202. The number of piperidine rings is 1. The molecule has 2 atom stereocenters. The summed E-state index contributed by atoms with van der Waals surface area (Å²) in [6.45, 7) is 0.570. The first-order valence-electron chi connectivity index (χ1n) is 7.54. The molecule has 21 heavy (non-hydrogen) atoms. The molecule has 4 nitrogen and oxygen atoms in total. The lowest BCUT2D eigenvalue weighted by Crippen LogP contribution is -2.46. The van der Waals surface area contributed by atoms with Gasteiger partial charge in [0.05, 0.1) is 4.90 Å². The molecule has 1 saturated heterocycles. The van der Waals surface area contributed by atoms with E-state index in [0.29, 0.717) is 12.5 Å². The molecule has 2 unspecified atom stereocenters. The number of nitrogens with zero attached hydrogens (tertiary/aromatic N) is 1. The summed E-state index contributed by atoms with van der Waals surface area (Å²) in [5, 5.41) is 0. The summed E-state index contributed by atoms with van der Waals surface area (Å²) in [5.74, 6) is 0.0387. The molecule has 1 aromatic carbocycles. The molecule has 6 heteroatoms. The van der Waals surface area contributed by atoms with E-state index in [0.717, 1.165) is 32.1 Å². The molecule has 1 aliphatic carbocycles. The monoisotopic (exact) mass is 312 g/mol. The van der Waals surface area contributed by atoms with Gasteiger partial charge in [-0.1, -0.05) is 6.42 Å². The van der Waals surface area contributed by atoms with Crippen LogP contribution >= 0.6 is 0 Å². The smallest absolute Gasteiger partial charge is 0.243 e. The van der Waals surface area contributed by atoms with Crippen LogP contribution in [0.3, 0.4) is 0 Å². The molecule has 0 amide bonds. The maximum absolute atomic E-state index is 13.5. The van der Waals surface area contributed by atoms with Crippen molar-refractivity contribution in [3.05, 3.63) is 29.6 Å². The molecule has 2 N–H and O–H groups in total. The molecule has 1 heterocycles. The number of halogens is 1. The summed E-state index contributed by atoms with van der Waals surface area (Å²) in [4.78, 5) is 0.164. The highest BCUT2D eigenvalue weighted by atomic mass is 32.2. The second kappa shape index (κ2) is 5.66. The fourth-order valence-electron chi connectivity index (χ4n) is 3.71. The van der Waals surface area contributed by atoms with E-state index in [1.165, 1.54) is 18.2 Å². The van der Waals surface area contributed by atoms with Gasteiger partial charge in [0.15, 0.2) is 0 Å². The topological polar surface area (TPSA) is 63.4 Å². The Kier molecular flexibility index (Phi) is 4.03. The first-order valence-corrected chi connectivity index (χ1v) is 8.98. The average Bonchev–Trinajstić information content (AvgIpc) is 2.95. The second-order valence-electron chi connectivity index (χ2n) is 5.97. The van der Waals surface area contributed by atoms with Gasteiger partial charge >= 0.3 is 0 Å². The van der Waals surface area contributed by atoms with Crippen molar-refractivity contribution in [3.63, 3.8) is 0 Å². The molecular formula is C15H21FN2O2S. The van der Waals surface area contributed by atoms with E-state index in [4.69, 9.17) is 5.73 Å². The SMILES string of the molecule is NCc1cc(S(=O)(=O)N2CCCC3CCCC32)ccc1F. The first-order chi connectivity index (χ1) is 10.0. The summed E-state index contributed by atoms with van der Waals surface area (Å²) in [6.07, 6.45) is 5.18. The zero-order valence-electron chi connectivity index (χ0n) is 12.0. The Hall–Kier alpha value is -0.980. The highest BCUT2D eigenvalue weighted by Gasteiger charge is 2.41. The molecule has 0 radical (unpaired) electrons. The number of hydrogen-bond acceptors (Lipinski definition) is 3. The Morgan fingerprint density at radius 1 is 1.24 bits per heavy atom. The molecule has 1 saturated carbocycles. The van der Waals surface area contributed by atoms with Gasteiger partial charge in [0.2, 0.25) is 10.0 Å². The van der Waals surface area contributed by atoms with Crippen molar-refractivity contribution in [1.82, 2.24) is 4.31 Å². The maximum Gasteiger partial charge on any atom is 0.243 e. The van der Waals surface area contributed by atoms with Gasteiger partial charge in [0.25, 0.3) is 0 Å². The predicted octanol–water partition coefficient (Wildman–Crippen LogP) is 2.24. The van der Waals surface area contributed by atoms with Crippen LogP contribution in [0.2, 0.25) is 0 Å². The quantitative estimate of drug-likeness (QED) is 0.931. The molecule has 2 fully saturated rings. The van der Waals surface area contributed by atoms with Crippen molar-refractivity contribution in [2.45, 2.75) is 49.6 Å². The van der Waals surface area contributed by atoms with Gasteiger partial charge in [-0.2, -0.15) is 4.31 Å². The highest BCUT2D eigenvalue weighted by molar-refractivity contribution is 7.89. The molecule has 0 aromatic heterocycles. The average molecular weight is 312 g/mol. The minimum Gasteiger partial charge on any atom is -0.326 e. The van der Waals surface area contributed by atoms with Crippen LogP contribution in [0.15, 0.2) is 23.1 Å². The first kappa shape index (κ1) is 14.9. The molecule has 3 rings (SSSR count). The van der Waals surface area contributed by atoms with Crippen molar-refractivity contribution in [1.29, 1.82) is 0 Å². The number of fused-ring (bicyclic) bond motifs is 1. The summed E-state index contributed by atoms with van der Waals surface area (Å²) in [7, 11) is -3.55. The zero-order valence-corrected chi connectivity index (χ0v) is 12.8. The van der Waals surface area contributed by atoms with Crippen LogP contribution in [-0.4, -0.2) is 25.3 Å². The van der Waals surface area contributed by atoms with Crippen LogP contribution in [0.4, 0.5) is 4.39 Å². The zero-order chi connectivity index (χ0) is 15.0. The number of rotatable bonds is 3. The number of nitrogens with two attached hydrogens (primary N) is 1. The van der Waals surface area contributed by atoms with Crippen molar-refractivity contribution >= 4 is 10.0 Å². The number of benzene rings is 1. The number of hydrogen-bond donors (Lipinski definition) is 1. The molecule has 116 valence electrons. The molecule has 1 aliphatic heterocycles. The summed E-state index contributed by atoms with van der Waals surface area (Å²) in [5.41, 5.74) is 5.72. The van der Waals surface area contributed by atoms with Gasteiger partial charge in [-0.3, -0.25) is 0 Å². The Morgan fingerprint density at radius 2 is 2.00 bits per heavy atom. The van der Waals surface area contributed by atoms with Crippen molar-refractivity contribution in [2.24, 2.45) is 11.7 Å². The fourth-order valence-corrected chi connectivity index (χ4v) is 5.52. The van der Waals surface area contributed by atoms with Crippen molar-refractivity contribution in [2.75, 3.05) is 6.54 Å². The third-order valence-electron chi connectivity index (χ3n) is 4.79. The van der Waals surface area contributed by atoms with Crippen molar-refractivity contribution < 1.29 is 12.8 Å². The van der Waals surface area contributed by atoms with Gasteiger partial charge in [0, 0.05) is 24.7 Å². The number of sulfonamides is 1. The van der Waals surface area contributed by atoms with Gasteiger partial charge in [-0.05, 0) is 49.8 Å². The fraction of sp³-hybridized carbons (Fsp3) is 0.600. The van der Waals surface area contributed by atoms with E-state index < -0.39 is 15.8 Å². The lowest BCUT2D eigenvalue weighted by Gasteiger charge is -2.36. The summed E-state index contributed by atoms with van der Waals surface area (Å²) < 4.78 is 40.9. The molecule has 2 aliphatic rings. The van der Waals surface area contributed by atoms with E-state index in [9.17, 15) is 12.8 Å². The minimum atomic E-state index is -3.55. The molecule has 0 bridgehead atoms. The van der Waals surface area contributed by atoms with Gasteiger partial charge in [0.1, 0.15) is 5.82 Å². The van der Waals surface area contributed by atoms with Crippen LogP contribution in [-0.2, 0) is 16.6 Å².